The van der Waals surface area contributed by atoms with E-state index < -0.39 is 0 Å². The zero-order valence-corrected chi connectivity index (χ0v) is 26.9. The van der Waals surface area contributed by atoms with Crippen LogP contribution in [0, 0.1) is 31.7 Å². The number of allylic oxidation sites excluding steroid dienone is 2. The predicted octanol–water partition coefficient (Wildman–Crippen LogP) is 9.98. The van der Waals surface area contributed by atoms with Crippen molar-refractivity contribution in [2.45, 2.75) is 67.2 Å². The number of fused-ring (bicyclic) bond motifs is 7. The number of carbonyl (C=O) groups excluding carboxylic acids is 1. The number of rotatable bonds is 7. The fourth-order valence-electron chi connectivity index (χ4n) is 5.74. The SMILES string of the molecule is CCC(CC)C(=O)/C=C(\O)C(CC)CC.Cc1c2ccccc2[c-]c2c3nccc(C)c3c3ccccc3c12.[Ir]. The van der Waals surface area contributed by atoms with Gasteiger partial charge in [0.05, 0.1) is 5.76 Å². The first kappa shape index (κ1) is 31.5. The number of aliphatic hydroxyl groups is 1. The minimum atomic E-state index is 0. The van der Waals surface area contributed by atoms with Crippen LogP contribution in [0.5, 0.6) is 0 Å². The standard InChI is InChI=1S/C23H16N.C13H24O2.Ir/c1-14-11-12-24-23-20-13-16-7-3-4-8-17(16)15(2)22(20)19-10-6-5-9-18(19)21(14)23;1-5-10(6-2)12(14)9-13(15)11(7-3)8-4;/h3-12H,1-2H3;9-11,14H,5-8H2,1-4H3;/q-1;;/b;12-9-;. The van der Waals surface area contributed by atoms with E-state index in [0.29, 0.717) is 0 Å². The average molecular weight is 711 g/mol. The molecule has 0 aliphatic carbocycles. The summed E-state index contributed by atoms with van der Waals surface area (Å²) in [5.41, 5.74) is 3.62. The first-order valence-corrected chi connectivity index (χ1v) is 14.3. The van der Waals surface area contributed by atoms with Gasteiger partial charge in [-0.05, 0) is 60.4 Å². The second-order valence-corrected chi connectivity index (χ2v) is 10.4. The zero-order valence-electron chi connectivity index (χ0n) is 24.5. The van der Waals surface area contributed by atoms with Gasteiger partial charge < -0.3 is 5.11 Å². The van der Waals surface area contributed by atoms with Crippen LogP contribution in [0.3, 0.4) is 0 Å². The summed E-state index contributed by atoms with van der Waals surface area (Å²) in [4.78, 5) is 16.5. The van der Waals surface area contributed by atoms with Crippen LogP contribution in [0.15, 0.2) is 72.6 Å². The minimum absolute atomic E-state index is 0. The maximum Gasteiger partial charge on any atom is 0.162 e. The second-order valence-electron chi connectivity index (χ2n) is 10.4. The molecule has 4 aromatic carbocycles. The Kier molecular flexibility index (Phi) is 11.0. The minimum Gasteiger partial charge on any atom is -0.512 e. The van der Waals surface area contributed by atoms with Gasteiger partial charge >= 0.3 is 0 Å². The van der Waals surface area contributed by atoms with Crippen LogP contribution in [-0.4, -0.2) is 15.9 Å². The van der Waals surface area contributed by atoms with Gasteiger partial charge in [-0.2, -0.15) is 0 Å². The summed E-state index contributed by atoms with van der Waals surface area (Å²) in [5.74, 6) is 0.547. The number of aromatic nitrogens is 1. The third kappa shape index (κ3) is 6.14. The van der Waals surface area contributed by atoms with Crippen LogP contribution in [0.2, 0.25) is 0 Å². The van der Waals surface area contributed by atoms with E-state index in [1.165, 1.54) is 44.1 Å². The molecule has 0 saturated heterocycles. The number of benzene rings is 4. The van der Waals surface area contributed by atoms with Crippen LogP contribution < -0.4 is 0 Å². The number of hydrogen-bond donors (Lipinski definition) is 1. The number of aryl methyl sites for hydroxylation is 2. The Morgan fingerprint density at radius 3 is 1.98 bits per heavy atom. The summed E-state index contributed by atoms with van der Waals surface area (Å²) >= 11 is 0. The molecule has 5 rings (SSSR count). The summed E-state index contributed by atoms with van der Waals surface area (Å²) in [5, 5.41) is 18.4. The Hall–Kier alpha value is -3.07. The fraction of sp³-hybridized carbons (Fsp3) is 0.333. The Labute approximate surface area is 252 Å². The van der Waals surface area contributed by atoms with Gasteiger partial charge in [-0.25, -0.2) is 0 Å². The molecule has 3 nitrogen and oxygen atoms in total. The molecule has 1 heterocycles. The summed E-state index contributed by atoms with van der Waals surface area (Å²) < 4.78 is 0. The van der Waals surface area contributed by atoms with Gasteiger partial charge in [0.25, 0.3) is 0 Å². The fourth-order valence-corrected chi connectivity index (χ4v) is 5.74. The molecule has 0 saturated carbocycles. The molecule has 0 fully saturated rings. The third-order valence-corrected chi connectivity index (χ3v) is 8.16. The molecular weight excluding hydrogens is 671 g/mol. The van der Waals surface area contributed by atoms with E-state index in [-0.39, 0.29) is 43.5 Å². The van der Waals surface area contributed by atoms with Crippen molar-refractivity contribution in [1.82, 2.24) is 4.98 Å². The number of pyridine rings is 1. The first-order chi connectivity index (χ1) is 18.9. The maximum absolute atomic E-state index is 11.7. The van der Waals surface area contributed by atoms with E-state index in [2.05, 4.69) is 74.5 Å². The van der Waals surface area contributed by atoms with E-state index >= 15 is 0 Å². The number of carbonyl (C=O) groups is 1. The normalized spacial score (nSPS) is 11.8. The Morgan fingerprint density at radius 1 is 0.825 bits per heavy atom. The van der Waals surface area contributed by atoms with Crippen LogP contribution in [0.25, 0.3) is 43.2 Å². The second kappa shape index (κ2) is 14.0. The molecule has 0 bridgehead atoms. The van der Waals surface area contributed by atoms with E-state index in [1.54, 1.807) is 0 Å². The Morgan fingerprint density at radius 2 is 1.38 bits per heavy atom. The topological polar surface area (TPSA) is 50.2 Å². The summed E-state index contributed by atoms with van der Waals surface area (Å²) in [6, 6.07) is 22.9. The summed E-state index contributed by atoms with van der Waals surface area (Å²) in [6.07, 6.45) is 6.81. The Bertz CT molecular complexity index is 1660. The predicted molar refractivity (Wildman–Crippen MR) is 166 cm³/mol. The van der Waals surface area contributed by atoms with E-state index in [9.17, 15) is 9.90 Å². The molecule has 0 atom stereocenters. The molecular formula is C36H40IrNO2-. The quantitative estimate of drug-likeness (QED) is 0.0602. The largest absolute Gasteiger partial charge is 0.512 e. The molecule has 5 aromatic rings. The molecule has 211 valence electrons. The smallest absolute Gasteiger partial charge is 0.162 e. The number of ketones is 1. The molecule has 4 heteroatoms. The van der Waals surface area contributed by atoms with Crippen molar-refractivity contribution in [2.24, 2.45) is 11.8 Å². The molecule has 1 radical (unpaired) electrons. The average Bonchev–Trinajstić information content (AvgIpc) is 2.95. The van der Waals surface area contributed by atoms with Crippen LogP contribution in [-0.2, 0) is 24.9 Å². The van der Waals surface area contributed by atoms with Crippen LogP contribution >= 0.6 is 0 Å². The van der Waals surface area contributed by atoms with Crippen LogP contribution in [0.4, 0.5) is 0 Å². The molecule has 40 heavy (non-hydrogen) atoms. The van der Waals surface area contributed by atoms with Crippen molar-refractivity contribution in [3.05, 3.63) is 89.8 Å². The molecule has 0 spiro atoms. The van der Waals surface area contributed by atoms with Crippen LogP contribution in [0.1, 0.15) is 64.5 Å². The van der Waals surface area contributed by atoms with Crippen molar-refractivity contribution in [3.8, 4) is 0 Å². The summed E-state index contributed by atoms with van der Waals surface area (Å²) in [7, 11) is 0. The number of nitrogens with zero attached hydrogens (tertiary/aromatic N) is 1. The zero-order chi connectivity index (χ0) is 28.1. The molecule has 0 aliphatic heterocycles. The van der Waals surface area contributed by atoms with Crippen molar-refractivity contribution >= 4 is 49.0 Å². The molecule has 0 aliphatic rings. The maximum atomic E-state index is 11.7. The van der Waals surface area contributed by atoms with Crippen molar-refractivity contribution in [3.63, 3.8) is 0 Å². The molecule has 0 amide bonds. The van der Waals surface area contributed by atoms with Gasteiger partial charge in [0, 0.05) is 49.7 Å². The number of hydrogen-bond acceptors (Lipinski definition) is 3. The monoisotopic (exact) mass is 711 g/mol. The van der Waals surface area contributed by atoms with Crippen molar-refractivity contribution in [1.29, 1.82) is 0 Å². The van der Waals surface area contributed by atoms with Crippen molar-refractivity contribution in [2.75, 3.05) is 0 Å². The van der Waals surface area contributed by atoms with Gasteiger partial charge in [0.1, 0.15) is 0 Å². The van der Waals surface area contributed by atoms with E-state index in [1.807, 2.05) is 33.9 Å². The van der Waals surface area contributed by atoms with Gasteiger partial charge in [0.15, 0.2) is 5.78 Å². The summed E-state index contributed by atoms with van der Waals surface area (Å²) in [6.45, 7) is 12.4. The molecule has 0 unspecified atom stereocenters. The molecule has 1 N–H and O–H groups in total. The van der Waals surface area contributed by atoms with Gasteiger partial charge in [0.2, 0.25) is 0 Å². The number of aliphatic hydroxyl groups excluding tert-OH is 1. The van der Waals surface area contributed by atoms with E-state index in [4.69, 9.17) is 4.98 Å². The third-order valence-electron chi connectivity index (χ3n) is 8.16. The van der Waals surface area contributed by atoms with Gasteiger partial charge in [-0.3, -0.25) is 9.78 Å². The van der Waals surface area contributed by atoms with Gasteiger partial charge in [-0.1, -0.05) is 93.2 Å². The first-order valence-electron chi connectivity index (χ1n) is 14.3. The van der Waals surface area contributed by atoms with E-state index in [0.717, 1.165) is 42.0 Å². The Balaban J connectivity index is 0.000000243. The van der Waals surface area contributed by atoms with Crippen molar-refractivity contribution < 1.29 is 30.0 Å². The molecule has 1 aromatic heterocycles. The van der Waals surface area contributed by atoms with Gasteiger partial charge in [-0.15, -0.1) is 23.1 Å².